The molecule has 1 fully saturated rings. The van der Waals surface area contributed by atoms with E-state index in [4.69, 9.17) is 11.6 Å². The summed E-state index contributed by atoms with van der Waals surface area (Å²) < 4.78 is 1.13. The molecule has 0 spiro atoms. The largest absolute Gasteiger partial charge is 0.310 e. The summed E-state index contributed by atoms with van der Waals surface area (Å²) in [6, 6.07) is 6.57. The van der Waals surface area contributed by atoms with Gasteiger partial charge in [0.2, 0.25) is 0 Å². The van der Waals surface area contributed by atoms with Gasteiger partial charge in [0.15, 0.2) is 0 Å². The normalized spacial score (nSPS) is 18.5. The van der Waals surface area contributed by atoms with E-state index in [0.717, 1.165) is 16.0 Å². The Bertz CT molecular complexity index is 376. The fraction of sp³-hybridized carbons (Fsp3) is 0.538. The predicted molar refractivity (Wildman–Crippen MR) is 76.5 cm³/mol. The fourth-order valence-corrected chi connectivity index (χ4v) is 2.73. The third-order valence-electron chi connectivity index (χ3n) is 3.31. The first-order valence-corrected chi connectivity index (χ1v) is 7.18. The Labute approximate surface area is 116 Å². The Kier molecular flexibility index (Phi) is 4.86. The molecule has 1 aliphatic heterocycles. The van der Waals surface area contributed by atoms with Gasteiger partial charge in [-0.3, -0.25) is 0 Å². The summed E-state index contributed by atoms with van der Waals surface area (Å²) in [6.45, 7) is 3.26. The highest BCUT2D eigenvalue weighted by Crippen LogP contribution is 2.21. The van der Waals surface area contributed by atoms with Crippen LogP contribution in [0.1, 0.15) is 18.4 Å². The summed E-state index contributed by atoms with van der Waals surface area (Å²) in [5.74, 6) is 0. The third kappa shape index (κ3) is 3.95. The second-order valence-corrected chi connectivity index (χ2v) is 5.98. The van der Waals surface area contributed by atoms with Gasteiger partial charge in [-0.1, -0.05) is 27.5 Å². The molecule has 17 heavy (non-hydrogen) atoms. The van der Waals surface area contributed by atoms with Crippen molar-refractivity contribution in [1.82, 2.24) is 10.2 Å². The van der Waals surface area contributed by atoms with Crippen molar-refractivity contribution in [2.75, 3.05) is 20.1 Å². The third-order valence-corrected chi connectivity index (χ3v) is 4.32. The number of halogens is 2. The highest BCUT2D eigenvalue weighted by Gasteiger charge is 2.16. The van der Waals surface area contributed by atoms with E-state index < -0.39 is 0 Å². The molecule has 1 heterocycles. The van der Waals surface area contributed by atoms with Gasteiger partial charge >= 0.3 is 0 Å². The molecule has 0 aromatic heterocycles. The van der Waals surface area contributed by atoms with E-state index >= 15 is 0 Å². The molecule has 0 radical (unpaired) electrons. The zero-order valence-corrected chi connectivity index (χ0v) is 12.4. The Hall–Kier alpha value is -0.0900. The van der Waals surface area contributed by atoms with Crippen molar-refractivity contribution < 1.29 is 0 Å². The van der Waals surface area contributed by atoms with E-state index in [0.29, 0.717) is 6.04 Å². The molecule has 94 valence electrons. The highest BCUT2D eigenvalue weighted by atomic mass is 79.9. The van der Waals surface area contributed by atoms with Crippen LogP contribution in [0, 0.1) is 0 Å². The van der Waals surface area contributed by atoms with Crippen LogP contribution in [0.3, 0.4) is 0 Å². The molecule has 0 amide bonds. The second-order valence-electron chi connectivity index (χ2n) is 4.69. The topological polar surface area (TPSA) is 15.3 Å². The summed E-state index contributed by atoms with van der Waals surface area (Å²) in [4.78, 5) is 2.38. The summed E-state index contributed by atoms with van der Waals surface area (Å²) in [6.07, 6.45) is 2.46. The van der Waals surface area contributed by atoms with E-state index in [1.807, 2.05) is 18.2 Å². The zero-order valence-electron chi connectivity index (χ0n) is 10.0. The lowest BCUT2D eigenvalue weighted by Crippen LogP contribution is -2.40. The number of benzene rings is 1. The highest BCUT2D eigenvalue weighted by molar-refractivity contribution is 9.10. The Morgan fingerprint density at radius 1 is 1.41 bits per heavy atom. The molecule has 2 nitrogen and oxygen atoms in total. The van der Waals surface area contributed by atoms with Gasteiger partial charge in [0, 0.05) is 22.1 Å². The van der Waals surface area contributed by atoms with Crippen LogP contribution in [-0.4, -0.2) is 31.1 Å². The number of nitrogens with one attached hydrogen (secondary N) is 1. The smallest absolute Gasteiger partial charge is 0.0410 e. The van der Waals surface area contributed by atoms with Gasteiger partial charge in [-0.25, -0.2) is 0 Å². The monoisotopic (exact) mass is 316 g/mol. The molecule has 2 rings (SSSR count). The van der Waals surface area contributed by atoms with Crippen molar-refractivity contribution in [1.29, 1.82) is 0 Å². The Balaban J connectivity index is 1.87. The Morgan fingerprint density at radius 3 is 2.82 bits per heavy atom. The molecule has 0 aliphatic carbocycles. The number of rotatable bonds is 3. The average molecular weight is 318 g/mol. The fourth-order valence-electron chi connectivity index (χ4n) is 2.15. The van der Waals surface area contributed by atoms with Crippen LogP contribution in [-0.2, 0) is 6.54 Å². The molecule has 1 N–H and O–H groups in total. The van der Waals surface area contributed by atoms with Crippen molar-refractivity contribution in [2.24, 2.45) is 0 Å². The minimum atomic E-state index is 0.636. The van der Waals surface area contributed by atoms with Gasteiger partial charge in [-0.2, -0.15) is 0 Å². The lowest BCUT2D eigenvalue weighted by atomic mass is 10.1. The first-order valence-electron chi connectivity index (χ1n) is 6.01. The summed E-state index contributed by atoms with van der Waals surface area (Å²) in [7, 11) is 2.18. The molecular weight excluding hydrogens is 300 g/mol. The summed E-state index contributed by atoms with van der Waals surface area (Å²) in [5, 5.41) is 4.41. The maximum atomic E-state index is 6.00. The van der Waals surface area contributed by atoms with Crippen LogP contribution >= 0.6 is 27.5 Å². The van der Waals surface area contributed by atoms with Crippen LogP contribution in [0.15, 0.2) is 22.7 Å². The summed E-state index contributed by atoms with van der Waals surface area (Å²) in [5.41, 5.74) is 1.23. The van der Waals surface area contributed by atoms with Gasteiger partial charge in [-0.05, 0) is 56.7 Å². The molecule has 1 aromatic carbocycles. The lowest BCUT2D eigenvalue weighted by molar-refractivity contribution is 0.234. The quantitative estimate of drug-likeness (QED) is 0.920. The van der Waals surface area contributed by atoms with E-state index in [9.17, 15) is 0 Å². The molecule has 1 aliphatic rings. The van der Waals surface area contributed by atoms with Crippen LogP contribution in [0.25, 0.3) is 0 Å². The molecule has 0 bridgehead atoms. The molecule has 1 saturated heterocycles. The minimum absolute atomic E-state index is 0.636. The predicted octanol–water partition coefficient (Wildman–Crippen LogP) is 3.29. The average Bonchev–Trinajstić information content (AvgIpc) is 2.32. The minimum Gasteiger partial charge on any atom is -0.310 e. The summed E-state index contributed by atoms with van der Waals surface area (Å²) >= 11 is 9.56. The van der Waals surface area contributed by atoms with E-state index in [1.54, 1.807) is 0 Å². The van der Waals surface area contributed by atoms with E-state index in [2.05, 4.69) is 33.2 Å². The van der Waals surface area contributed by atoms with Crippen molar-refractivity contribution >= 4 is 27.5 Å². The second kappa shape index (κ2) is 6.19. The number of likely N-dealkylation sites (tertiary alicyclic amines) is 1. The zero-order chi connectivity index (χ0) is 12.3. The van der Waals surface area contributed by atoms with Gasteiger partial charge in [0.1, 0.15) is 0 Å². The Morgan fingerprint density at radius 2 is 2.12 bits per heavy atom. The van der Waals surface area contributed by atoms with Crippen molar-refractivity contribution in [3.63, 3.8) is 0 Å². The van der Waals surface area contributed by atoms with E-state index in [-0.39, 0.29) is 0 Å². The number of nitrogens with zero attached hydrogens (tertiary/aromatic N) is 1. The van der Waals surface area contributed by atoms with Gasteiger partial charge in [-0.15, -0.1) is 0 Å². The van der Waals surface area contributed by atoms with Crippen LogP contribution in [0.4, 0.5) is 0 Å². The molecular formula is C13H18BrClN2. The number of hydrogen-bond donors (Lipinski definition) is 1. The van der Waals surface area contributed by atoms with Crippen LogP contribution < -0.4 is 5.32 Å². The maximum Gasteiger partial charge on any atom is 0.0410 e. The first-order chi connectivity index (χ1) is 8.15. The molecule has 0 unspecified atom stereocenters. The van der Waals surface area contributed by atoms with E-state index in [1.165, 1.54) is 31.5 Å². The number of piperidine rings is 1. The van der Waals surface area contributed by atoms with Gasteiger partial charge in [0.05, 0.1) is 0 Å². The van der Waals surface area contributed by atoms with Crippen molar-refractivity contribution in [3.8, 4) is 0 Å². The van der Waals surface area contributed by atoms with Crippen molar-refractivity contribution in [2.45, 2.75) is 25.4 Å². The van der Waals surface area contributed by atoms with Crippen LogP contribution in [0.5, 0.6) is 0 Å². The molecule has 0 atom stereocenters. The SMILES string of the molecule is CN1CCC(NCc2cc(Cl)ccc2Br)CC1. The van der Waals surface area contributed by atoms with Crippen LogP contribution in [0.2, 0.25) is 5.02 Å². The molecule has 4 heteroatoms. The standard InChI is InChI=1S/C13H18BrClN2/c1-17-6-4-12(5-7-17)16-9-10-8-11(15)2-3-13(10)14/h2-3,8,12,16H,4-7,9H2,1H3. The molecule has 0 saturated carbocycles. The lowest BCUT2D eigenvalue weighted by Gasteiger charge is -2.29. The molecule has 1 aromatic rings. The van der Waals surface area contributed by atoms with Crippen molar-refractivity contribution in [3.05, 3.63) is 33.3 Å². The van der Waals surface area contributed by atoms with Gasteiger partial charge in [0.25, 0.3) is 0 Å². The first kappa shape index (κ1) is 13.3. The maximum absolute atomic E-state index is 6.00. The van der Waals surface area contributed by atoms with Gasteiger partial charge < -0.3 is 10.2 Å². The number of hydrogen-bond acceptors (Lipinski definition) is 2.